The lowest BCUT2D eigenvalue weighted by Crippen LogP contribution is -2.17. The predicted octanol–water partition coefficient (Wildman–Crippen LogP) is 5.00. The Balaban J connectivity index is 1.75. The number of hydrogen-bond acceptors (Lipinski definition) is 3. The Bertz CT molecular complexity index is 989. The number of nitrogens with zero attached hydrogens (tertiary/aromatic N) is 1. The first-order valence-corrected chi connectivity index (χ1v) is 8.82. The molecule has 142 valence electrons. The number of nitrogens with one attached hydrogen (secondary N) is 2. The Morgan fingerprint density at radius 2 is 1.57 bits per heavy atom. The molecule has 2 amide bonds. The zero-order chi connectivity index (χ0) is 20.3. The van der Waals surface area contributed by atoms with Crippen molar-refractivity contribution in [3.8, 4) is 0 Å². The number of hydrogen-bond donors (Lipinski definition) is 2. The van der Waals surface area contributed by atoms with Crippen LogP contribution in [0.25, 0.3) is 0 Å². The van der Waals surface area contributed by atoms with E-state index >= 15 is 0 Å². The standard InChI is InChI=1S/C21H17ClFN3O2/c1-12-3-4-15(9-13(12)2)26-21(28)19-10-14(7-8-24-19)20(27)25-16-5-6-18(23)17(22)11-16/h3-11H,1-2H3,(H,25,27)(H,26,28). The van der Waals surface area contributed by atoms with Gasteiger partial charge in [-0.25, -0.2) is 4.39 Å². The van der Waals surface area contributed by atoms with Crippen molar-refractivity contribution in [1.29, 1.82) is 0 Å². The van der Waals surface area contributed by atoms with Crippen molar-refractivity contribution in [2.45, 2.75) is 13.8 Å². The number of halogens is 2. The van der Waals surface area contributed by atoms with Crippen LogP contribution in [0.5, 0.6) is 0 Å². The molecule has 0 aliphatic carbocycles. The molecule has 2 N–H and O–H groups in total. The monoisotopic (exact) mass is 397 g/mol. The Labute approximate surface area is 166 Å². The molecule has 1 aromatic heterocycles. The van der Waals surface area contributed by atoms with Crippen LogP contribution in [0.4, 0.5) is 15.8 Å². The lowest BCUT2D eigenvalue weighted by molar-refractivity contribution is 0.102. The summed E-state index contributed by atoms with van der Waals surface area (Å²) >= 11 is 5.72. The number of carbonyl (C=O) groups excluding carboxylic acids is 2. The van der Waals surface area contributed by atoms with Gasteiger partial charge in [-0.3, -0.25) is 14.6 Å². The summed E-state index contributed by atoms with van der Waals surface area (Å²) in [4.78, 5) is 28.9. The normalized spacial score (nSPS) is 10.4. The zero-order valence-corrected chi connectivity index (χ0v) is 16.0. The molecule has 3 rings (SSSR count). The van der Waals surface area contributed by atoms with Crippen molar-refractivity contribution in [3.05, 3.63) is 88.0 Å². The van der Waals surface area contributed by atoms with Gasteiger partial charge in [0.2, 0.25) is 0 Å². The van der Waals surface area contributed by atoms with E-state index in [-0.39, 0.29) is 16.3 Å². The minimum Gasteiger partial charge on any atom is -0.322 e. The van der Waals surface area contributed by atoms with Crippen LogP contribution in [0.3, 0.4) is 0 Å². The van der Waals surface area contributed by atoms with Crippen molar-refractivity contribution in [3.63, 3.8) is 0 Å². The van der Waals surface area contributed by atoms with Gasteiger partial charge >= 0.3 is 0 Å². The van der Waals surface area contributed by atoms with Crippen LogP contribution in [-0.4, -0.2) is 16.8 Å². The highest BCUT2D eigenvalue weighted by Gasteiger charge is 2.13. The van der Waals surface area contributed by atoms with Crippen LogP contribution in [0.15, 0.2) is 54.7 Å². The molecule has 0 aliphatic heterocycles. The Kier molecular flexibility index (Phi) is 5.70. The van der Waals surface area contributed by atoms with E-state index in [2.05, 4.69) is 15.6 Å². The predicted molar refractivity (Wildman–Crippen MR) is 107 cm³/mol. The fourth-order valence-corrected chi connectivity index (χ4v) is 2.67. The molecule has 0 spiro atoms. The number of rotatable bonds is 4. The molecule has 0 unspecified atom stereocenters. The second-order valence-electron chi connectivity index (χ2n) is 6.27. The quantitative estimate of drug-likeness (QED) is 0.651. The van der Waals surface area contributed by atoms with E-state index in [4.69, 9.17) is 11.6 Å². The Morgan fingerprint density at radius 1 is 0.893 bits per heavy atom. The van der Waals surface area contributed by atoms with Gasteiger partial charge in [0.1, 0.15) is 11.5 Å². The molecule has 0 bridgehead atoms. The maximum absolute atomic E-state index is 13.2. The highest BCUT2D eigenvalue weighted by Crippen LogP contribution is 2.20. The lowest BCUT2D eigenvalue weighted by atomic mass is 10.1. The first kappa shape index (κ1) is 19.5. The minimum absolute atomic E-state index is 0.0963. The van der Waals surface area contributed by atoms with Crippen molar-refractivity contribution in [2.75, 3.05) is 10.6 Å². The van der Waals surface area contributed by atoms with Crippen molar-refractivity contribution >= 4 is 34.8 Å². The third kappa shape index (κ3) is 4.53. The smallest absolute Gasteiger partial charge is 0.274 e. The second kappa shape index (κ2) is 8.19. The summed E-state index contributed by atoms with van der Waals surface area (Å²) in [5, 5.41) is 5.27. The summed E-state index contributed by atoms with van der Waals surface area (Å²) in [5.74, 6) is -1.47. The molecule has 0 radical (unpaired) electrons. The van der Waals surface area contributed by atoms with E-state index in [1.54, 1.807) is 6.07 Å². The van der Waals surface area contributed by atoms with Crippen LogP contribution in [0, 0.1) is 19.7 Å². The van der Waals surface area contributed by atoms with Crippen LogP contribution in [0.1, 0.15) is 32.0 Å². The molecule has 5 nitrogen and oxygen atoms in total. The number of amides is 2. The molecular weight excluding hydrogens is 381 g/mol. The molecule has 0 saturated heterocycles. The van der Waals surface area contributed by atoms with Gasteiger partial charge in [0, 0.05) is 23.1 Å². The third-order valence-electron chi connectivity index (χ3n) is 4.20. The molecule has 3 aromatic rings. The average molecular weight is 398 g/mol. The molecule has 28 heavy (non-hydrogen) atoms. The van der Waals surface area contributed by atoms with Gasteiger partial charge in [-0.15, -0.1) is 0 Å². The highest BCUT2D eigenvalue weighted by atomic mass is 35.5. The molecule has 0 fully saturated rings. The van der Waals surface area contributed by atoms with Gasteiger partial charge in [-0.1, -0.05) is 17.7 Å². The number of anilines is 2. The first-order valence-electron chi connectivity index (χ1n) is 8.44. The van der Waals surface area contributed by atoms with Gasteiger partial charge in [0.25, 0.3) is 11.8 Å². The summed E-state index contributed by atoms with van der Waals surface area (Å²) in [6, 6.07) is 12.3. The fourth-order valence-electron chi connectivity index (χ4n) is 2.49. The second-order valence-corrected chi connectivity index (χ2v) is 6.67. The van der Waals surface area contributed by atoms with Gasteiger partial charge in [0.05, 0.1) is 5.02 Å². The summed E-state index contributed by atoms with van der Waals surface area (Å²) in [5.41, 5.74) is 3.50. The minimum atomic E-state index is -0.575. The average Bonchev–Trinajstić information content (AvgIpc) is 2.67. The highest BCUT2D eigenvalue weighted by molar-refractivity contribution is 6.31. The van der Waals surface area contributed by atoms with Gasteiger partial charge in [-0.2, -0.15) is 0 Å². The molecule has 1 heterocycles. The number of pyridine rings is 1. The summed E-state index contributed by atoms with van der Waals surface area (Å²) in [6.45, 7) is 3.94. The van der Waals surface area contributed by atoms with E-state index < -0.39 is 17.6 Å². The van der Waals surface area contributed by atoms with Crippen molar-refractivity contribution in [1.82, 2.24) is 4.98 Å². The van der Waals surface area contributed by atoms with Crippen molar-refractivity contribution < 1.29 is 14.0 Å². The van der Waals surface area contributed by atoms with Crippen molar-refractivity contribution in [2.24, 2.45) is 0 Å². The summed E-state index contributed by atoms with van der Waals surface area (Å²) in [7, 11) is 0. The van der Waals surface area contributed by atoms with Crippen LogP contribution < -0.4 is 10.6 Å². The van der Waals surface area contributed by atoms with Crippen LogP contribution in [-0.2, 0) is 0 Å². The van der Waals surface area contributed by atoms with Gasteiger partial charge in [0.15, 0.2) is 0 Å². The molecule has 0 aliphatic rings. The van der Waals surface area contributed by atoms with E-state index in [9.17, 15) is 14.0 Å². The maximum Gasteiger partial charge on any atom is 0.274 e. The summed E-state index contributed by atoms with van der Waals surface area (Å²) in [6.07, 6.45) is 1.38. The topological polar surface area (TPSA) is 71.1 Å². The van der Waals surface area contributed by atoms with Crippen LogP contribution >= 0.6 is 11.6 Å². The first-order chi connectivity index (χ1) is 13.3. The van der Waals surface area contributed by atoms with E-state index in [0.717, 1.165) is 17.2 Å². The number of benzene rings is 2. The molecule has 7 heteroatoms. The van der Waals surface area contributed by atoms with E-state index in [1.807, 2.05) is 26.0 Å². The summed E-state index contributed by atoms with van der Waals surface area (Å²) < 4.78 is 13.2. The Hall–Kier alpha value is -3.25. The molecule has 0 atom stereocenters. The fraction of sp³-hybridized carbons (Fsp3) is 0.0952. The van der Waals surface area contributed by atoms with E-state index in [0.29, 0.717) is 11.4 Å². The third-order valence-corrected chi connectivity index (χ3v) is 4.49. The Morgan fingerprint density at radius 3 is 2.29 bits per heavy atom. The molecule has 2 aromatic carbocycles. The van der Waals surface area contributed by atoms with Gasteiger partial charge in [-0.05, 0) is 67.4 Å². The SMILES string of the molecule is Cc1ccc(NC(=O)c2cc(C(=O)Nc3ccc(F)c(Cl)c3)ccn2)cc1C. The lowest BCUT2D eigenvalue weighted by Gasteiger charge is -2.09. The largest absolute Gasteiger partial charge is 0.322 e. The maximum atomic E-state index is 13.2. The molecule has 0 saturated carbocycles. The number of carbonyl (C=O) groups is 2. The van der Waals surface area contributed by atoms with E-state index in [1.165, 1.54) is 30.5 Å². The van der Waals surface area contributed by atoms with Gasteiger partial charge < -0.3 is 10.6 Å². The zero-order valence-electron chi connectivity index (χ0n) is 15.2. The molecular formula is C21H17ClFN3O2. The number of aromatic nitrogens is 1. The van der Waals surface area contributed by atoms with Crippen LogP contribution in [0.2, 0.25) is 5.02 Å². The number of aryl methyl sites for hydroxylation is 2.